The van der Waals surface area contributed by atoms with E-state index in [2.05, 4.69) is 10.6 Å². The smallest absolute Gasteiger partial charge is 0.325 e. The van der Waals surface area contributed by atoms with Crippen LogP contribution in [0.15, 0.2) is 30.3 Å². The third-order valence-electron chi connectivity index (χ3n) is 2.66. The van der Waals surface area contributed by atoms with Crippen molar-refractivity contribution in [2.75, 3.05) is 0 Å². The molecule has 1 rings (SSSR count). The van der Waals surface area contributed by atoms with Gasteiger partial charge in [-0.15, -0.1) is 0 Å². The highest BCUT2D eigenvalue weighted by Crippen LogP contribution is 1.98. The Morgan fingerprint density at radius 2 is 1.70 bits per heavy atom. The number of carboxylic acids is 1. The number of carbonyl (C=O) groups is 3. The fourth-order valence-corrected chi connectivity index (χ4v) is 1.49. The number of aliphatic carboxylic acids is 1. The van der Waals surface area contributed by atoms with Crippen molar-refractivity contribution < 1.29 is 19.5 Å². The monoisotopic (exact) mass is 278 g/mol. The van der Waals surface area contributed by atoms with E-state index in [9.17, 15) is 14.4 Å². The predicted octanol–water partition coefficient (Wildman–Crippen LogP) is 0.672. The molecule has 1 aromatic carbocycles. The molecule has 3 N–H and O–H groups in total. The first-order chi connectivity index (χ1) is 9.49. The number of carboxylic acid groups (broad SMARTS) is 1. The summed E-state index contributed by atoms with van der Waals surface area (Å²) < 4.78 is 0. The van der Waals surface area contributed by atoms with Crippen LogP contribution in [-0.2, 0) is 20.9 Å². The molecule has 0 aliphatic carbocycles. The Bertz CT molecular complexity index is 473. The standard InChI is InChI=1S/C14H18N2O4/c1-10(14(19)20)16-13(18)8-7-12(17)15-9-11-5-3-2-4-6-11/h2-6,10H,7-9H2,1H3,(H,15,17)(H,16,18)(H,19,20). The first-order valence-corrected chi connectivity index (χ1v) is 6.32. The fraction of sp³-hybridized carbons (Fsp3) is 0.357. The second-order valence-electron chi connectivity index (χ2n) is 4.39. The van der Waals surface area contributed by atoms with Crippen LogP contribution in [0, 0.1) is 0 Å². The SMILES string of the molecule is CC(NC(=O)CCC(=O)NCc1ccccc1)C(=O)O. The van der Waals surface area contributed by atoms with Gasteiger partial charge in [0.25, 0.3) is 0 Å². The molecule has 2 amide bonds. The molecular formula is C14H18N2O4. The maximum atomic E-state index is 11.5. The minimum Gasteiger partial charge on any atom is -0.480 e. The predicted molar refractivity (Wildman–Crippen MR) is 72.8 cm³/mol. The van der Waals surface area contributed by atoms with E-state index in [1.807, 2.05) is 30.3 Å². The Morgan fingerprint density at radius 1 is 1.10 bits per heavy atom. The molecule has 0 saturated carbocycles. The Labute approximate surface area is 117 Å². The van der Waals surface area contributed by atoms with E-state index in [1.165, 1.54) is 6.92 Å². The van der Waals surface area contributed by atoms with E-state index < -0.39 is 17.9 Å². The molecule has 0 saturated heterocycles. The summed E-state index contributed by atoms with van der Waals surface area (Å²) in [4.78, 5) is 33.5. The van der Waals surface area contributed by atoms with Crippen molar-refractivity contribution in [1.29, 1.82) is 0 Å². The molecule has 108 valence electrons. The zero-order chi connectivity index (χ0) is 15.0. The number of hydrogen-bond acceptors (Lipinski definition) is 3. The van der Waals surface area contributed by atoms with Crippen LogP contribution in [0.25, 0.3) is 0 Å². The third kappa shape index (κ3) is 5.99. The minimum absolute atomic E-state index is 0.0295. The number of hydrogen-bond donors (Lipinski definition) is 3. The van der Waals surface area contributed by atoms with E-state index in [-0.39, 0.29) is 18.7 Å². The summed E-state index contributed by atoms with van der Waals surface area (Å²) in [6.07, 6.45) is 0.00322. The van der Waals surface area contributed by atoms with Gasteiger partial charge in [0, 0.05) is 19.4 Å². The summed E-state index contributed by atoms with van der Waals surface area (Å²) in [5.41, 5.74) is 0.977. The van der Waals surface area contributed by atoms with Crippen LogP contribution in [-0.4, -0.2) is 28.9 Å². The minimum atomic E-state index is -1.10. The van der Waals surface area contributed by atoms with Crippen molar-refractivity contribution in [1.82, 2.24) is 10.6 Å². The highest BCUT2D eigenvalue weighted by Gasteiger charge is 2.14. The highest BCUT2D eigenvalue weighted by atomic mass is 16.4. The molecule has 1 unspecified atom stereocenters. The number of nitrogens with one attached hydrogen (secondary N) is 2. The normalized spacial score (nSPS) is 11.4. The second-order valence-corrected chi connectivity index (χ2v) is 4.39. The van der Waals surface area contributed by atoms with Crippen molar-refractivity contribution in [3.05, 3.63) is 35.9 Å². The van der Waals surface area contributed by atoms with Crippen molar-refractivity contribution in [2.24, 2.45) is 0 Å². The third-order valence-corrected chi connectivity index (χ3v) is 2.66. The summed E-state index contributed by atoms with van der Waals surface area (Å²) in [6, 6.07) is 8.47. The largest absolute Gasteiger partial charge is 0.480 e. The zero-order valence-corrected chi connectivity index (χ0v) is 11.3. The van der Waals surface area contributed by atoms with Crippen LogP contribution in [0.5, 0.6) is 0 Å². The van der Waals surface area contributed by atoms with Gasteiger partial charge < -0.3 is 15.7 Å². The molecule has 0 fully saturated rings. The van der Waals surface area contributed by atoms with Gasteiger partial charge in [0.15, 0.2) is 0 Å². The van der Waals surface area contributed by atoms with Crippen molar-refractivity contribution in [3.8, 4) is 0 Å². The van der Waals surface area contributed by atoms with Gasteiger partial charge in [0.05, 0.1) is 0 Å². The topological polar surface area (TPSA) is 95.5 Å². The van der Waals surface area contributed by atoms with Gasteiger partial charge in [0.2, 0.25) is 11.8 Å². The van der Waals surface area contributed by atoms with Crippen molar-refractivity contribution >= 4 is 17.8 Å². The van der Waals surface area contributed by atoms with Gasteiger partial charge in [-0.1, -0.05) is 30.3 Å². The summed E-state index contributed by atoms with van der Waals surface area (Å²) in [6.45, 7) is 1.78. The zero-order valence-electron chi connectivity index (χ0n) is 11.3. The number of amides is 2. The lowest BCUT2D eigenvalue weighted by atomic mass is 10.2. The van der Waals surface area contributed by atoms with Crippen LogP contribution in [0.2, 0.25) is 0 Å². The summed E-state index contributed by atoms with van der Waals surface area (Å²) in [5, 5.41) is 13.6. The van der Waals surface area contributed by atoms with Crippen LogP contribution < -0.4 is 10.6 Å². The lowest BCUT2D eigenvalue weighted by Gasteiger charge is -2.09. The lowest BCUT2D eigenvalue weighted by Crippen LogP contribution is -2.38. The molecule has 1 aromatic rings. The maximum Gasteiger partial charge on any atom is 0.325 e. The number of carbonyl (C=O) groups excluding carboxylic acids is 2. The van der Waals surface area contributed by atoms with E-state index in [1.54, 1.807) is 0 Å². The molecule has 0 bridgehead atoms. The molecular weight excluding hydrogens is 260 g/mol. The Kier molecular flexibility index (Phi) is 6.22. The van der Waals surface area contributed by atoms with Gasteiger partial charge >= 0.3 is 5.97 Å². The van der Waals surface area contributed by atoms with Gasteiger partial charge in [-0.05, 0) is 12.5 Å². The van der Waals surface area contributed by atoms with Gasteiger partial charge in [0.1, 0.15) is 6.04 Å². The van der Waals surface area contributed by atoms with E-state index >= 15 is 0 Å². The Morgan fingerprint density at radius 3 is 2.30 bits per heavy atom. The van der Waals surface area contributed by atoms with E-state index in [4.69, 9.17) is 5.11 Å². The van der Waals surface area contributed by atoms with Gasteiger partial charge in [-0.2, -0.15) is 0 Å². The molecule has 1 atom stereocenters. The summed E-state index contributed by atoms with van der Waals surface area (Å²) in [7, 11) is 0. The van der Waals surface area contributed by atoms with Crippen molar-refractivity contribution in [3.63, 3.8) is 0 Å². The Hall–Kier alpha value is -2.37. The molecule has 0 aromatic heterocycles. The highest BCUT2D eigenvalue weighted by molar-refractivity contribution is 5.86. The van der Waals surface area contributed by atoms with Gasteiger partial charge in [-0.25, -0.2) is 0 Å². The van der Waals surface area contributed by atoms with Crippen LogP contribution in [0.1, 0.15) is 25.3 Å². The van der Waals surface area contributed by atoms with Crippen LogP contribution in [0.3, 0.4) is 0 Å². The molecule has 0 aliphatic heterocycles. The van der Waals surface area contributed by atoms with E-state index in [0.717, 1.165) is 5.56 Å². The van der Waals surface area contributed by atoms with Crippen LogP contribution in [0.4, 0.5) is 0 Å². The van der Waals surface area contributed by atoms with Gasteiger partial charge in [-0.3, -0.25) is 14.4 Å². The summed E-state index contributed by atoms with van der Waals surface area (Å²) >= 11 is 0. The average molecular weight is 278 g/mol. The first kappa shape index (κ1) is 15.7. The van der Waals surface area contributed by atoms with E-state index in [0.29, 0.717) is 6.54 Å². The first-order valence-electron chi connectivity index (χ1n) is 6.32. The maximum absolute atomic E-state index is 11.5. The molecule has 20 heavy (non-hydrogen) atoms. The van der Waals surface area contributed by atoms with Crippen LogP contribution >= 0.6 is 0 Å². The summed E-state index contributed by atoms with van der Waals surface area (Å²) in [5.74, 6) is -1.80. The average Bonchev–Trinajstić information content (AvgIpc) is 2.43. The fourth-order valence-electron chi connectivity index (χ4n) is 1.49. The molecule has 6 heteroatoms. The quantitative estimate of drug-likeness (QED) is 0.683. The van der Waals surface area contributed by atoms with Crippen molar-refractivity contribution in [2.45, 2.75) is 32.4 Å². The second kappa shape index (κ2) is 7.93. The number of benzene rings is 1. The lowest BCUT2D eigenvalue weighted by molar-refractivity contribution is -0.141. The Balaban J connectivity index is 2.23. The molecule has 0 spiro atoms. The molecule has 6 nitrogen and oxygen atoms in total. The molecule has 0 radical (unpaired) electrons. The molecule has 0 heterocycles. The number of rotatable bonds is 7. The molecule has 0 aliphatic rings.